The zero-order valence-electron chi connectivity index (χ0n) is 13.6. The van der Waals surface area contributed by atoms with Crippen molar-refractivity contribution in [1.82, 2.24) is 10.3 Å². The van der Waals surface area contributed by atoms with Crippen LogP contribution in [0.15, 0.2) is 30.5 Å². The summed E-state index contributed by atoms with van der Waals surface area (Å²) in [6.07, 6.45) is 1.52. The van der Waals surface area contributed by atoms with Gasteiger partial charge in [0.15, 0.2) is 5.78 Å². The standard InChI is InChI=1S/C17H20N2O4/c1-10(14-8-13(22-3)5-6-16(14)23-4)19-17(21)15-7-12(9-18-15)11(2)20/h5-10,18H,1-4H3,(H,19,21)/t10-/m0/s1. The van der Waals surface area contributed by atoms with Crippen LogP contribution in [0.1, 0.15) is 46.3 Å². The maximum atomic E-state index is 12.3. The van der Waals surface area contributed by atoms with Gasteiger partial charge in [-0.15, -0.1) is 0 Å². The number of benzene rings is 1. The smallest absolute Gasteiger partial charge is 0.268 e. The fourth-order valence-corrected chi connectivity index (χ4v) is 2.26. The Morgan fingerprint density at radius 3 is 2.48 bits per heavy atom. The van der Waals surface area contributed by atoms with E-state index < -0.39 is 0 Å². The van der Waals surface area contributed by atoms with Crippen LogP contribution in [0.3, 0.4) is 0 Å². The van der Waals surface area contributed by atoms with Gasteiger partial charge in [0.1, 0.15) is 17.2 Å². The van der Waals surface area contributed by atoms with Gasteiger partial charge in [0, 0.05) is 17.3 Å². The minimum absolute atomic E-state index is 0.0946. The lowest BCUT2D eigenvalue weighted by atomic mass is 10.1. The summed E-state index contributed by atoms with van der Waals surface area (Å²) in [6, 6.07) is 6.64. The molecule has 122 valence electrons. The number of H-pyrrole nitrogens is 1. The Balaban J connectivity index is 2.18. The molecule has 0 saturated heterocycles. The summed E-state index contributed by atoms with van der Waals surface area (Å²) < 4.78 is 10.5. The molecule has 0 aliphatic carbocycles. The Morgan fingerprint density at radius 1 is 1.17 bits per heavy atom. The molecule has 0 unspecified atom stereocenters. The molecule has 6 heteroatoms. The second-order valence-electron chi connectivity index (χ2n) is 5.16. The molecule has 1 atom stereocenters. The summed E-state index contributed by atoms with van der Waals surface area (Å²) in [5.41, 5.74) is 1.62. The first-order valence-corrected chi connectivity index (χ1v) is 7.18. The molecule has 0 bridgehead atoms. The highest BCUT2D eigenvalue weighted by atomic mass is 16.5. The molecule has 2 aromatic rings. The molecule has 0 aliphatic rings. The normalized spacial score (nSPS) is 11.7. The molecular formula is C17H20N2O4. The summed E-state index contributed by atoms with van der Waals surface area (Å²) in [5, 5.41) is 2.87. The van der Waals surface area contributed by atoms with Crippen LogP contribution in [-0.4, -0.2) is 30.9 Å². The molecule has 0 aliphatic heterocycles. The van der Waals surface area contributed by atoms with Gasteiger partial charge in [-0.2, -0.15) is 0 Å². The van der Waals surface area contributed by atoms with Crippen molar-refractivity contribution in [1.29, 1.82) is 0 Å². The topological polar surface area (TPSA) is 80.4 Å². The summed E-state index contributed by atoms with van der Waals surface area (Å²) >= 11 is 0. The van der Waals surface area contributed by atoms with Gasteiger partial charge >= 0.3 is 0 Å². The predicted molar refractivity (Wildman–Crippen MR) is 86.2 cm³/mol. The number of ketones is 1. The third-order valence-electron chi connectivity index (χ3n) is 3.59. The molecule has 1 amide bonds. The minimum atomic E-state index is -0.296. The summed E-state index contributed by atoms with van der Waals surface area (Å²) in [7, 11) is 3.15. The van der Waals surface area contributed by atoms with Gasteiger partial charge in [0.05, 0.1) is 20.3 Å². The Morgan fingerprint density at radius 2 is 1.91 bits per heavy atom. The molecule has 0 radical (unpaired) electrons. The first kappa shape index (κ1) is 16.6. The lowest BCUT2D eigenvalue weighted by Gasteiger charge is -2.18. The van der Waals surface area contributed by atoms with E-state index in [1.165, 1.54) is 19.2 Å². The number of carbonyl (C=O) groups excluding carboxylic acids is 2. The van der Waals surface area contributed by atoms with Crippen LogP contribution in [0.4, 0.5) is 0 Å². The zero-order chi connectivity index (χ0) is 17.0. The molecule has 2 rings (SSSR count). The van der Waals surface area contributed by atoms with Crippen LogP contribution in [-0.2, 0) is 0 Å². The quantitative estimate of drug-likeness (QED) is 0.803. The van der Waals surface area contributed by atoms with Crippen LogP contribution in [0.5, 0.6) is 11.5 Å². The summed E-state index contributed by atoms with van der Waals surface area (Å²) in [5.74, 6) is 0.952. The lowest BCUT2D eigenvalue weighted by molar-refractivity contribution is 0.0935. The number of rotatable bonds is 6. The first-order valence-electron chi connectivity index (χ1n) is 7.18. The molecule has 0 spiro atoms. The highest BCUT2D eigenvalue weighted by molar-refractivity contribution is 5.99. The maximum Gasteiger partial charge on any atom is 0.268 e. The highest BCUT2D eigenvalue weighted by Crippen LogP contribution is 2.29. The average molecular weight is 316 g/mol. The van der Waals surface area contributed by atoms with E-state index in [9.17, 15) is 9.59 Å². The van der Waals surface area contributed by atoms with Crippen molar-refractivity contribution in [2.24, 2.45) is 0 Å². The van der Waals surface area contributed by atoms with Crippen molar-refractivity contribution < 1.29 is 19.1 Å². The minimum Gasteiger partial charge on any atom is -0.497 e. The van der Waals surface area contributed by atoms with Crippen LogP contribution >= 0.6 is 0 Å². The van der Waals surface area contributed by atoms with Gasteiger partial charge in [-0.25, -0.2) is 0 Å². The van der Waals surface area contributed by atoms with Crippen molar-refractivity contribution in [3.63, 3.8) is 0 Å². The number of aromatic amines is 1. The summed E-state index contributed by atoms with van der Waals surface area (Å²) in [6.45, 7) is 3.30. The van der Waals surface area contributed by atoms with Crippen LogP contribution < -0.4 is 14.8 Å². The van der Waals surface area contributed by atoms with Crippen LogP contribution in [0.2, 0.25) is 0 Å². The fraction of sp³-hybridized carbons (Fsp3) is 0.294. The molecule has 0 saturated carbocycles. The molecule has 23 heavy (non-hydrogen) atoms. The Bertz CT molecular complexity index is 721. The molecule has 1 aromatic heterocycles. The third kappa shape index (κ3) is 3.71. The van der Waals surface area contributed by atoms with Crippen molar-refractivity contribution in [3.8, 4) is 11.5 Å². The van der Waals surface area contributed by atoms with Crippen LogP contribution in [0.25, 0.3) is 0 Å². The maximum absolute atomic E-state index is 12.3. The van der Waals surface area contributed by atoms with E-state index in [-0.39, 0.29) is 17.7 Å². The Hall–Kier alpha value is -2.76. The average Bonchev–Trinajstić information content (AvgIpc) is 3.04. The van der Waals surface area contributed by atoms with Gasteiger partial charge in [-0.3, -0.25) is 9.59 Å². The number of methoxy groups -OCH3 is 2. The molecule has 1 aromatic carbocycles. The molecule has 2 N–H and O–H groups in total. The Kier molecular flexibility index (Phi) is 5.05. The number of hydrogen-bond acceptors (Lipinski definition) is 4. The lowest BCUT2D eigenvalue weighted by Crippen LogP contribution is -2.27. The molecule has 0 fully saturated rings. The van der Waals surface area contributed by atoms with Crippen molar-refractivity contribution in [3.05, 3.63) is 47.3 Å². The van der Waals surface area contributed by atoms with E-state index in [0.717, 1.165) is 5.56 Å². The first-order chi connectivity index (χ1) is 11.0. The van der Waals surface area contributed by atoms with Crippen molar-refractivity contribution in [2.45, 2.75) is 19.9 Å². The molecular weight excluding hydrogens is 296 g/mol. The number of ether oxygens (including phenoxy) is 2. The number of aromatic nitrogens is 1. The van der Waals surface area contributed by atoms with Gasteiger partial charge in [0.25, 0.3) is 5.91 Å². The predicted octanol–water partition coefficient (Wildman–Crippen LogP) is 2.73. The van der Waals surface area contributed by atoms with Gasteiger partial charge < -0.3 is 19.8 Å². The van der Waals surface area contributed by atoms with Crippen molar-refractivity contribution in [2.75, 3.05) is 14.2 Å². The second-order valence-corrected chi connectivity index (χ2v) is 5.16. The van der Waals surface area contributed by atoms with E-state index in [2.05, 4.69) is 10.3 Å². The van der Waals surface area contributed by atoms with E-state index in [1.54, 1.807) is 26.4 Å². The second kappa shape index (κ2) is 7.00. The monoisotopic (exact) mass is 316 g/mol. The number of hydrogen-bond donors (Lipinski definition) is 2. The number of nitrogens with one attached hydrogen (secondary N) is 2. The van der Waals surface area contributed by atoms with Gasteiger partial charge in [-0.05, 0) is 38.1 Å². The number of carbonyl (C=O) groups is 2. The molecule has 6 nitrogen and oxygen atoms in total. The third-order valence-corrected chi connectivity index (χ3v) is 3.59. The fourth-order valence-electron chi connectivity index (χ4n) is 2.26. The van der Waals surface area contributed by atoms with E-state index in [1.807, 2.05) is 13.0 Å². The van der Waals surface area contributed by atoms with Gasteiger partial charge in [0.2, 0.25) is 0 Å². The zero-order valence-corrected chi connectivity index (χ0v) is 13.6. The summed E-state index contributed by atoms with van der Waals surface area (Å²) in [4.78, 5) is 26.4. The number of amides is 1. The van der Waals surface area contributed by atoms with E-state index >= 15 is 0 Å². The largest absolute Gasteiger partial charge is 0.497 e. The van der Waals surface area contributed by atoms with Gasteiger partial charge in [-0.1, -0.05) is 0 Å². The highest BCUT2D eigenvalue weighted by Gasteiger charge is 2.17. The number of Topliss-reactive ketones (excluding diaryl/α,β-unsaturated/α-hetero) is 1. The molecule has 1 heterocycles. The van der Waals surface area contributed by atoms with E-state index in [0.29, 0.717) is 22.8 Å². The Labute approximate surface area is 134 Å². The SMILES string of the molecule is COc1ccc(OC)c([C@H](C)NC(=O)c2cc(C(C)=O)c[nH]2)c1. The van der Waals surface area contributed by atoms with Crippen LogP contribution in [0, 0.1) is 0 Å². The van der Waals surface area contributed by atoms with E-state index in [4.69, 9.17) is 9.47 Å². The van der Waals surface area contributed by atoms with Crippen molar-refractivity contribution >= 4 is 11.7 Å².